The van der Waals surface area contributed by atoms with Crippen LogP contribution in [0.1, 0.15) is 18.5 Å². The first-order valence-electron chi connectivity index (χ1n) is 8.65. The second-order valence-corrected chi connectivity index (χ2v) is 6.56. The molecule has 2 fully saturated rings. The van der Waals surface area contributed by atoms with E-state index in [2.05, 4.69) is 15.3 Å². The molecule has 0 spiro atoms. The number of rotatable bonds is 6. The van der Waals surface area contributed by atoms with Crippen LogP contribution in [0.4, 0.5) is 4.39 Å². The van der Waals surface area contributed by atoms with E-state index in [1.54, 1.807) is 18.3 Å². The largest absolute Gasteiger partial charge is 0.374 e. The van der Waals surface area contributed by atoms with Gasteiger partial charge in [0.2, 0.25) is 0 Å². The summed E-state index contributed by atoms with van der Waals surface area (Å²) in [7, 11) is 0. The van der Waals surface area contributed by atoms with E-state index in [1.165, 1.54) is 25.0 Å². The molecule has 1 unspecified atom stereocenters. The molecule has 1 saturated carbocycles. The minimum absolute atomic E-state index is 0.236. The zero-order valence-corrected chi connectivity index (χ0v) is 13.7. The van der Waals surface area contributed by atoms with Crippen molar-refractivity contribution in [3.8, 4) is 5.69 Å². The number of morpholine rings is 1. The standard InChI is InChI=1S/C18H23FN4O/c19-14-1-3-16(4-2-14)23-17(7-8-21-23)11-20-12-18-13-22(9-10-24-18)15-5-6-15/h1-4,7-8,15,18,20H,5-6,9-13H2. The van der Waals surface area contributed by atoms with Crippen LogP contribution in [-0.2, 0) is 11.3 Å². The van der Waals surface area contributed by atoms with Gasteiger partial charge in [0.25, 0.3) is 0 Å². The molecule has 1 atom stereocenters. The average Bonchev–Trinajstić information content (AvgIpc) is 3.36. The molecule has 2 aromatic rings. The molecule has 1 aliphatic heterocycles. The predicted molar refractivity (Wildman–Crippen MR) is 89.6 cm³/mol. The third-order valence-corrected chi connectivity index (χ3v) is 4.70. The molecule has 4 rings (SSSR count). The van der Waals surface area contributed by atoms with Crippen molar-refractivity contribution in [1.29, 1.82) is 0 Å². The van der Waals surface area contributed by atoms with E-state index in [0.29, 0.717) is 6.54 Å². The molecule has 1 saturated heterocycles. The lowest BCUT2D eigenvalue weighted by Gasteiger charge is -2.33. The van der Waals surface area contributed by atoms with Crippen LogP contribution in [0.3, 0.4) is 0 Å². The molecular weight excluding hydrogens is 307 g/mol. The number of nitrogens with one attached hydrogen (secondary N) is 1. The van der Waals surface area contributed by atoms with Crippen LogP contribution < -0.4 is 5.32 Å². The number of halogens is 1. The monoisotopic (exact) mass is 330 g/mol. The van der Waals surface area contributed by atoms with Crippen molar-refractivity contribution in [2.45, 2.75) is 31.5 Å². The lowest BCUT2D eigenvalue weighted by atomic mass is 10.2. The molecule has 2 aliphatic rings. The number of hydrogen-bond acceptors (Lipinski definition) is 4. The van der Waals surface area contributed by atoms with Gasteiger partial charge in [-0.3, -0.25) is 4.90 Å². The molecule has 1 N–H and O–H groups in total. The number of nitrogens with zero attached hydrogens (tertiary/aromatic N) is 3. The highest BCUT2D eigenvalue weighted by Gasteiger charge is 2.32. The first-order valence-corrected chi connectivity index (χ1v) is 8.65. The zero-order valence-electron chi connectivity index (χ0n) is 13.7. The minimum atomic E-state index is -0.236. The Bertz CT molecular complexity index is 668. The topological polar surface area (TPSA) is 42.3 Å². The normalized spacial score (nSPS) is 22.0. The summed E-state index contributed by atoms with van der Waals surface area (Å²) in [6, 6.07) is 9.17. The van der Waals surface area contributed by atoms with Gasteiger partial charge in [-0.1, -0.05) is 0 Å². The van der Waals surface area contributed by atoms with Gasteiger partial charge >= 0.3 is 0 Å². The summed E-state index contributed by atoms with van der Waals surface area (Å²) in [5.74, 6) is -0.236. The molecule has 24 heavy (non-hydrogen) atoms. The highest BCUT2D eigenvalue weighted by Crippen LogP contribution is 2.28. The summed E-state index contributed by atoms with van der Waals surface area (Å²) in [5, 5.41) is 7.81. The van der Waals surface area contributed by atoms with E-state index in [-0.39, 0.29) is 11.9 Å². The van der Waals surface area contributed by atoms with Gasteiger partial charge in [-0.25, -0.2) is 9.07 Å². The van der Waals surface area contributed by atoms with E-state index < -0.39 is 0 Å². The summed E-state index contributed by atoms with van der Waals surface area (Å²) in [6.45, 7) is 4.46. The molecule has 2 heterocycles. The lowest BCUT2D eigenvalue weighted by molar-refractivity contribution is -0.0301. The van der Waals surface area contributed by atoms with E-state index in [4.69, 9.17) is 4.74 Å². The van der Waals surface area contributed by atoms with Crippen molar-refractivity contribution in [2.75, 3.05) is 26.2 Å². The van der Waals surface area contributed by atoms with E-state index in [0.717, 1.165) is 43.7 Å². The average molecular weight is 330 g/mol. The summed E-state index contributed by atoms with van der Waals surface area (Å²) < 4.78 is 20.8. The highest BCUT2D eigenvalue weighted by molar-refractivity contribution is 5.32. The molecule has 5 nitrogen and oxygen atoms in total. The van der Waals surface area contributed by atoms with Crippen LogP contribution in [0.25, 0.3) is 5.69 Å². The first kappa shape index (κ1) is 15.7. The van der Waals surface area contributed by atoms with Gasteiger partial charge in [-0.05, 0) is 43.2 Å². The fraction of sp³-hybridized carbons (Fsp3) is 0.500. The maximum absolute atomic E-state index is 13.1. The van der Waals surface area contributed by atoms with Crippen molar-refractivity contribution in [1.82, 2.24) is 20.0 Å². The lowest BCUT2D eigenvalue weighted by Crippen LogP contribution is -2.47. The van der Waals surface area contributed by atoms with Crippen LogP contribution in [0.2, 0.25) is 0 Å². The first-order chi connectivity index (χ1) is 11.8. The van der Waals surface area contributed by atoms with Crippen molar-refractivity contribution in [3.05, 3.63) is 48.0 Å². The Kier molecular flexibility index (Phi) is 4.60. The van der Waals surface area contributed by atoms with Gasteiger partial charge in [-0.2, -0.15) is 5.10 Å². The molecule has 1 aromatic heterocycles. The van der Waals surface area contributed by atoms with Crippen molar-refractivity contribution >= 4 is 0 Å². The summed E-state index contributed by atoms with van der Waals surface area (Å²) in [4.78, 5) is 2.55. The maximum atomic E-state index is 13.1. The molecule has 1 aromatic carbocycles. The second kappa shape index (κ2) is 7.01. The molecule has 128 valence electrons. The van der Waals surface area contributed by atoms with Crippen molar-refractivity contribution < 1.29 is 9.13 Å². The number of benzene rings is 1. The Hall–Kier alpha value is -1.76. The number of ether oxygens (including phenoxy) is 1. The Morgan fingerprint density at radius 1 is 1.21 bits per heavy atom. The zero-order chi connectivity index (χ0) is 16.4. The molecule has 0 bridgehead atoms. The fourth-order valence-electron chi connectivity index (χ4n) is 3.28. The Labute approximate surface area is 141 Å². The maximum Gasteiger partial charge on any atom is 0.123 e. The molecule has 0 radical (unpaired) electrons. The van der Waals surface area contributed by atoms with Gasteiger partial charge in [0.15, 0.2) is 0 Å². The van der Waals surface area contributed by atoms with Crippen molar-refractivity contribution in [3.63, 3.8) is 0 Å². The Morgan fingerprint density at radius 3 is 2.83 bits per heavy atom. The Balaban J connectivity index is 1.32. The summed E-state index contributed by atoms with van der Waals surface area (Å²) in [5.41, 5.74) is 1.92. The van der Waals surface area contributed by atoms with Gasteiger partial charge in [-0.15, -0.1) is 0 Å². The SMILES string of the molecule is Fc1ccc(-n2nccc2CNCC2CN(C3CC3)CCO2)cc1. The van der Waals surface area contributed by atoms with Crippen molar-refractivity contribution in [2.24, 2.45) is 0 Å². The number of hydrogen-bond donors (Lipinski definition) is 1. The fourth-order valence-corrected chi connectivity index (χ4v) is 3.28. The van der Waals surface area contributed by atoms with E-state index in [9.17, 15) is 4.39 Å². The smallest absolute Gasteiger partial charge is 0.123 e. The predicted octanol–water partition coefficient (Wildman–Crippen LogP) is 1.96. The van der Waals surface area contributed by atoms with Gasteiger partial charge < -0.3 is 10.1 Å². The minimum Gasteiger partial charge on any atom is -0.374 e. The van der Waals surface area contributed by atoms with Crippen LogP contribution in [0.5, 0.6) is 0 Å². The second-order valence-electron chi connectivity index (χ2n) is 6.56. The molecule has 0 amide bonds. The molecular formula is C18H23FN4O. The molecule has 1 aliphatic carbocycles. The van der Waals surface area contributed by atoms with Crippen LogP contribution in [0, 0.1) is 5.82 Å². The third-order valence-electron chi connectivity index (χ3n) is 4.70. The highest BCUT2D eigenvalue weighted by atomic mass is 19.1. The van der Waals surface area contributed by atoms with E-state index >= 15 is 0 Å². The Morgan fingerprint density at radius 2 is 2.04 bits per heavy atom. The van der Waals surface area contributed by atoms with E-state index in [1.807, 2.05) is 10.7 Å². The van der Waals surface area contributed by atoms with Crippen LogP contribution >= 0.6 is 0 Å². The number of aromatic nitrogens is 2. The third kappa shape index (κ3) is 3.66. The van der Waals surface area contributed by atoms with Gasteiger partial charge in [0, 0.05) is 38.4 Å². The van der Waals surface area contributed by atoms with Crippen LogP contribution in [0.15, 0.2) is 36.5 Å². The summed E-state index contributed by atoms with van der Waals surface area (Å²) in [6.07, 6.45) is 4.71. The van der Waals surface area contributed by atoms with Crippen LogP contribution in [-0.4, -0.2) is 53.1 Å². The quantitative estimate of drug-likeness (QED) is 0.879. The molecule has 6 heteroatoms. The van der Waals surface area contributed by atoms with Gasteiger partial charge in [0.1, 0.15) is 5.82 Å². The van der Waals surface area contributed by atoms with Gasteiger partial charge in [0.05, 0.1) is 24.1 Å². The summed E-state index contributed by atoms with van der Waals surface area (Å²) >= 11 is 0.